The molecule has 5 rings (SSSR count). The summed E-state index contributed by atoms with van der Waals surface area (Å²) in [6.07, 6.45) is 3.72. The summed E-state index contributed by atoms with van der Waals surface area (Å²) in [5.74, 6) is 3.82. The quantitative estimate of drug-likeness (QED) is 0.658. The van der Waals surface area contributed by atoms with Crippen molar-refractivity contribution in [2.45, 2.75) is 13.8 Å². The van der Waals surface area contributed by atoms with Gasteiger partial charge in [-0.05, 0) is 19.9 Å². The number of ether oxygens (including phenoxy) is 1. The van der Waals surface area contributed by atoms with E-state index in [-0.39, 0.29) is 0 Å². The van der Waals surface area contributed by atoms with Crippen molar-refractivity contribution in [3.63, 3.8) is 0 Å². The first-order valence-electron chi connectivity index (χ1n) is 10.2. The number of morpholine rings is 1. The summed E-state index contributed by atoms with van der Waals surface area (Å²) in [4.78, 5) is 21.0. The highest BCUT2D eigenvalue weighted by Gasteiger charge is 2.23. The molecule has 3 aromatic heterocycles. The summed E-state index contributed by atoms with van der Waals surface area (Å²) in [5, 5.41) is 4.50. The van der Waals surface area contributed by atoms with Gasteiger partial charge in [-0.3, -0.25) is 0 Å². The van der Waals surface area contributed by atoms with Crippen LogP contribution in [0, 0.1) is 13.8 Å². The van der Waals surface area contributed by atoms with Gasteiger partial charge in [-0.15, -0.1) is 0 Å². The zero-order valence-corrected chi connectivity index (χ0v) is 17.0. The Hall–Kier alpha value is -2.94. The van der Waals surface area contributed by atoms with Crippen LogP contribution in [0.2, 0.25) is 0 Å². The fraction of sp³-hybridized carbons (Fsp3) is 0.500. The molecular formula is C20H26N8O. The van der Waals surface area contributed by atoms with Crippen LogP contribution >= 0.6 is 0 Å². The lowest BCUT2D eigenvalue weighted by Gasteiger charge is -2.36. The number of fused-ring (bicyclic) bond motifs is 1. The molecule has 152 valence electrons. The van der Waals surface area contributed by atoms with Gasteiger partial charge in [-0.1, -0.05) is 0 Å². The third-order valence-corrected chi connectivity index (χ3v) is 5.54. The van der Waals surface area contributed by atoms with E-state index in [0.717, 1.165) is 87.0 Å². The maximum Gasteiger partial charge on any atom is 0.154 e. The minimum absolute atomic E-state index is 0.754. The maximum atomic E-state index is 5.47. The minimum atomic E-state index is 0.754. The molecule has 2 aliphatic heterocycles. The summed E-state index contributed by atoms with van der Waals surface area (Å²) < 4.78 is 7.38. The Balaban J connectivity index is 1.33. The number of nitrogens with zero attached hydrogens (tertiary/aromatic N) is 8. The van der Waals surface area contributed by atoms with Gasteiger partial charge in [0.15, 0.2) is 5.82 Å². The first kappa shape index (κ1) is 18.1. The van der Waals surface area contributed by atoms with Crippen LogP contribution in [0.4, 0.5) is 17.5 Å². The molecule has 0 spiro atoms. The third-order valence-electron chi connectivity index (χ3n) is 5.54. The number of aromatic nitrogens is 5. The summed E-state index contributed by atoms with van der Waals surface area (Å²) in [7, 11) is 0. The molecule has 0 saturated carbocycles. The van der Waals surface area contributed by atoms with Crippen LogP contribution in [-0.4, -0.2) is 77.0 Å². The largest absolute Gasteiger partial charge is 0.378 e. The summed E-state index contributed by atoms with van der Waals surface area (Å²) in [6.45, 7) is 10.8. The average molecular weight is 394 g/mol. The smallest absolute Gasteiger partial charge is 0.154 e. The predicted octanol–water partition coefficient (Wildman–Crippen LogP) is 1.30. The van der Waals surface area contributed by atoms with E-state index in [4.69, 9.17) is 9.72 Å². The lowest BCUT2D eigenvalue weighted by Crippen LogP contribution is -2.47. The van der Waals surface area contributed by atoms with Gasteiger partial charge in [0, 0.05) is 57.7 Å². The van der Waals surface area contributed by atoms with Gasteiger partial charge in [0.05, 0.1) is 18.9 Å². The Morgan fingerprint density at radius 3 is 2.21 bits per heavy atom. The van der Waals surface area contributed by atoms with Crippen molar-refractivity contribution in [1.82, 2.24) is 24.6 Å². The van der Waals surface area contributed by atoms with Crippen LogP contribution < -0.4 is 14.7 Å². The number of hydrogen-bond donors (Lipinski definition) is 0. The summed E-state index contributed by atoms with van der Waals surface area (Å²) in [5.41, 5.74) is 2.07. The molecule has 0 aromatic carbocycles. The number of aryl methyl sites for hydroxylation is 2. The minimum Gasteiger partial charge on any atom is -0.378 e. The number of anilines is 3. The van der Waals surface area contributed by atoms with Crippen LogP contribution in [0.1, 0.15) is 11.5 Å². The molecule has 0 unspecified atom stereocenters. The molecule has 0 atom stereocenters. The Labute approximate surface area is 169 Å². The fourth-order valence-corrected chi connectivity index (χ4v) is 4.07. The maximum absolute atomic E-state index is 5.47. The Kier molecular flexibility index (Phi) is 4.67. The molecule has 29 heavy (non-hydrogen) atoms. The van der Waals surface area contributed by atoms with E-state index in [1.165, 1.54) is 0 Å². The van der Waals surface area contributed by atoms with Gasteiger partial charge < -0.3 is 19.4 Å². The molecular weight excluding hydrogens is 368 g/mol. The van der Waals surface area contributed by atoms with Crippen molar-refractivity contribution in [1.29, 1.82) is 0 Å². The van der Waals surface area contributed by atoms with Crippen molar-refractivity contribution in [2.24, 2.45) is 0 Å². The van der Waals surface area contributed by atoms with Crippen molar-refractivity contribution < 1.29 is 4.74 Å². The zero-order chi connectivity index (χ0) is 19.8. The predicted molar refractivity (Wildman–Crippen MR) is 112 cm³/mol. The standard InChI is InChI=1S/C20H26N8O/c1-15-13-17-20(21-3-4-28(17)24-15)27-7-5-25(6-8-27)18-14-19(23-16(2)22-18)26-9-11-29-12-10-26/h3-4,13-14H,5-12H2,1-2H3. The summed E-state index contributed by atoms with van der Waals surface area (Å²) >= 11 is 0. The lowest BCUT2D eigenvalue weighted by molar-refractivity contribution is 0.122. The van der Waals surface area contributed by atoms with Crippen molar-refractivity contribution in [3.05, 3.63) is 36.0 Å². The molecule has 9 heteroatoms. The van der Waals surface area contributed by atoms with E-state index >= 15 is 0 Å². The number of hydrogen-bond acceptors (Lipinski definition) is 8. The molecule has 2 aliphatic rings. The molecule has 3 aromatic rings. The highest BCUT2D eigenvalue weighted by atomic mass is 16.5. The van der Waals surface area contributed by atoms with E-state index in [1.54, 1.807) is 0 Å². The highest BCUT2D eigenvalue weighted by molar-refractivity contribution is 5.69. The first-order valence-corrected chi connectivity index (χ1v) is 10.2. The number of piperazine rings is 1. The third kappa shape index (κ3) is 3.57. The van der Waals surface area contributed by atoms with Gasteiger partial charge >= 0.3 is 0 Å². The average Bonchev–Trinajstić information content (AvgIpc) is 3.14. The van der Waals surface area contributed by atoms with Crippen LogP contribution in [0.15, 0.2) is 24.5 Å². The van der Waals surface area contributed by atoms with Crippen LogP contribution in [-0.2, 0) is 4.74 Å². The number of rotatable bonds is 3. The van der Waals surface area contributed by atoms with Gasteiger partial charge in [0.2, 0.25) is 0 Å². The molecule has 9 nitrogen and oxygen atoms in total. The summed E-state index contributed by atoms with van der Waals surface area (Å²) in [6, 6.07) is 4.21. The molecule has 2 fully saturated rings. The first-order chi connectivity index (χ1) is 14.2. The second-order valence-electron chi connectivity index (χ2n) is 7.57. The lowest BCUT2D eigenvalue weighted by atomic mass is 10.2. The van der Waals surface area contributed by atoms with Crippen LogP contribution in [0.5, 0.6) is 0 Å². The van der Waals surface area contributed by atoms with Crippen molar-refractivity contribution in [2.75, 3.05) is 67.2 Å². The van der Waals surface area contributed by atoms with Crippen molar-refractivity contribution in [3.8, 4) is 0 Å². The van der Waals surface area contributed by atoms with Crippen molar-refractivity contribution >= 4 is 23.0 Å². The van der Waals surface area contributed by atoms with E-state index < -0.39 is 0 Å². The molecule has 5 heterocycles. The molecule has 0 amide bonds. The second-order valence-corrected chi connectivity index (χ2v) is 7.57. The molecule has 0 bridgehead atoms. The van der Waals surface area contributed by atoms with Gasteiger partial charge in [-0.25, -0.2) is 19.5 Å². The van der Waals surface area contributed by atoms with Crippen LogP contribution in [0.3, 0.4) is 0 Å². The SMILES string of the molecule is Cc1cc2c(N3CCN(c4cc(N5CCOCC5)nc(C)n4)CC3)nccn2n1. The molecule has 2 saturated heterocycles. The van der Waals surface area contributed by atoms with Gasteiger partial charge in [0.25, 0.3) is 0 Å². The van der Waals surface area contributed by atoms with Gasteiger partial charge in [0.1, 0.15) is 23.0 Å². The molecule has 0 N–H and O–H groups in total. The van der Waals surface area contributed by atoms with Crippen LogP contribution in [0.25, 0.3) is 5.52 Å². The molecule has 0 aliphatic carbocycles. The van der Waals surface area contributed by atoms with Gasteiger partial charge in [-0.2, -0.15) is 5.10 Å². The van der Waals surface area contributed by atoms with E-state index in [2.05, 4.69) is 41.9 Å². The Bertz CT molecular complexity index is 1000. The van der Waals surface area contributed by atoms with E-state index in [1.807, 2.05) is 30.8 Å². The normalized spacial score (nSPS) is 17.9. The highest BCUT2D eigenvalue weighted by Crippen LogP contribution is 2.24. The molecule has 0 radical (unpaired) electrons. The second kappa shape index (κ2) is 7.47. The zero-order valence-electron chi connectivity index (χ0n) is 17.0. The monoisotopic (exact) mass is 394 g/mol. The van der Waals surface area contributed by atoms with E-state index in [0.29, 0.717) is 0 Å². The Morgan fingerprint density at radius 2 is 1.48 bits per heavy atom. The topological polar surface area (TPSA) is 74.9 Å². The fourth-order valence-electron chi connectivity index (χ4n) is 4.07. The Morgan fingerprint density at radius 1 is 0.828 bits per heavy atom. The van der Waals surface area contributed by atoms with E-state index in [9.17, 15) is 0 Å².